The van der Waals surface area contributed by atoms with E-state index in [4.69, 9.17) is 0 Å². The summed E-state index contributed by atoms with van der Waals surface area (Å²) in [6.07, 6.45) is 6.83. The SMILES string of the molecule is CC1CCCC(O)(CNCc2cncc(F)c2)C1. The van der Waals surface area contributed by atoms with Gasteiger partial charge in [0.25, 0.3) is 0 Å². The van der Waals surface area contributed by atoms with Gasteiger partial charge in [-0.15, -0.1) is 0 Å². The molecular weight excluding hydrogens is 231 g/mol. The lowest BCUT2D eigenvalue weighted by Crippen LogP contribution is -2.43. The van der Waals surface area contributed by atoms with Crippen molar-refractivity contribution in [2.75, 3.05) is 6.54 Å². The summed E-state index contributed by atoms with van der Waals surface area (Å²) in [6, 6.07) is 1.47. The zero-order valence-corrected chi connectivity index (χ0v) is 10.8. The van der Waals surface area contributed by atoms with Crippen LogP contribution in [-0.2, 0) is 6.54 Å². The molecule has 18 heavy (non-hydrogen) atoms. The third kappa shape index (κ3) is 3.75. The molecule has 1 heterocycles. The van der Waals surface area contributed by atoms with Gasteiger partial charge in [-0.1, -0.05) is 19.8 Å². The monoisotopic (exact) mass is 252 g/mol. The zero-order valence-electron chi connectivity index (χ0n) is 10.8. The molecular formula is C14H21FN2O. The van der Waals surface area contributed by atoms with Crippen LogP contribution in [0.4, 0.5) is 4.39 Å². The molecule has 1 aromatic heterocycles. The fourth-order valence-corrected chi connectivity index (χ4v) is 2.78. The molecule has 1 aromatic rings. The van der Waals surface area contributed by atoms with Gasteiger partial charge in [-0.2, -0.15) is 0 Å². The number of aliphatic hydroxyl groups is 1. The first-order valence-corrected chi connectivity index (χ1v) is 6.60. The summed E-state index contributed by atoms with van der Waals surface area (Å²) < 4.78 is 12.9. The maximum Gasteiger partial charge on any atom is 0.141 e. The van der Waals surface area contributed by atoms with E-state index in [9.17, 15) is 9.50 Å². The second kappa shape index (κ2) is 5.76. The van der Waals surface area contributed by atoms with Crippen LogP contribution < -0.4 is 5.32 Å². The molecule has 1 aliphatic rings. The summed E-state index contributed by atoms with van der Waals surface area (Å²) in [5.41, 5.74) is 0.209. The van der Waals surface area contributed by atoms with Crippen molar-refractivity contribution in [2.24, 2.45) is 5.92 Å². The third-order valence-corrected chi connectivity index (χ3v) is 3.61. The molecule has 0 amide bonds. The minimum Gasteiger partial charge on any atom is -0.389 e. The van der Waals surface area contributed by atoms with Crippen LogP contribution in [0, 0.1) is 11.7 Å². The van der Waals surface area contributed by atoms with Gasteiger partial charge in [-0.05, 0) is 30.4 Å². The molecule has 0 spiro atoms. The second-order valence-corrected chi connectivity index (χ2v) is 5.54. The van der Waals surface area contributed by atoms with Crippen LogP contribution in [0.5, 0.6) is 0 Å². The van der Waals surface area contributed by atoms with Crippen LogP contribution in [0.3, 0.4) is 0 Å². The Morgan fingerprint density at radius 1 is 1.56 bits per heavy atom. The molecule has 4 heteroatoms. The topological polar surface area (TPSA) is 45.1 Å². The number of halogens is 1. The van der Waals surface area contributed by atoms with Crippen molar-refractivity contribution in [3.8, 4) is 0 Å². The molecule has 1 aliphatic carbocycles. The average Bonchev–Trinajstić information content (AvgIpc) is 2.28. The van der Waals surface area contributed by atoms with Gasteiger partial charge in [0.05, 0.1) is 11.8 Å². The summed E-state index contributed by atoms with van der Waals surface area (Å²) in [5, 5.41) is 13.6. The quantitative estimate of drug-likeness (QED) is 0.864. The van der Waals surface area contributed by atoms with Crippen LogP contribution >= 0.6 is 0 Å². The van der Waals surface area contributed by atoms with Crippen LogP contribution in [-0.4, -0.2) is 22.2 Å². The molecule has 1 fully saturated rings. The van der Waals surface area contributed by atoms with E-state index < -0.39 is 5.60 Å². The van der Waals surface area contributed by atoms with E-state index in [0.717, 1.165) is 24.8 Å². The highest BCUT2D eigenvalue weighted by atomic mass is 19.1. The molecule has 0 aromatic carbocycles. The highest BCUT2D eigenvalue weighted by Crippen LogP contribution is 2.31. The van der Waals surface area contributed by atoms with Crippen molar-refractivity contribution in [3.63, 3.8) is 0 Å². The molecule has 2 rings (SSSR count). The van der Waals surface area contributed by atoms with Crippen molar-refractivity contribution in [1.82, 2.24) is 10.3 Å². The van der Waals surface area contributed by atoms with Crippen molar-refractivity contribution in [2.45, 2.75) is 44.8 Å². The Hall–Kier alpha value is -1.00. The predicted octanol–water partition coefficient (Wildman–Crippen LogP) is 2.25. The van der Waals surface area contributed by atoms with Gasteiger partial charge in [0.1, 0.15) is 5.82 Å². The molecule has 2 N–H and O–H groups in total. The lowest BCUT2D eigenvalue weighted by atomic mass is 9.79. The molecule has 2 unspecified atom stereocenters. The van der Waals surface area contributed by atoms with E-state index in [-0.39, 0.29) is 5.82 Å². The molecule has 0 radical (unpaired) electrons. The largest absolute Gasteiger partial charge is 0.389 e. The number of hydrogen-bond acceptors (Lipinski definition) is 3. The first-order chi connectivity index (χ1) is 8.57. The van der Waals surface area contributed by atoms with E-state index >= 15 is 0 Å². The number of nitrogens with one attached hydrogen (secondary N) is 1. The van der Waals surface area contributed by atoms with E-state index in [1.807, 2.05) is 0 Å². The maximum atomic E-state index is 12.9. The normalized spacial score (nSPS) is 28.3. The summed E-state index contributed by atoms with van der Waals surface area (Å²) in [6.45, 7) is 3.29. The zero-order chi connectivity index (χ0) is 13.0. The number of nitrogens with zero attached hydrogens (tertiary/aromatic N) is 1. The molecule has 0 aliphatic heterocycles. The van der Waals surface area contributed by atoms with E-state index in [1.54, 1.807) is 6.20 Å². The Morgan fingerprint density at radius 3 is 3.11 bits per heavy atom. The Morgan fingerprint density at radius 2 is 2.39 bits per heavy atom. The first-order valence-electron chi connectivity index (χ1n) is 6.60. The first kappa shape index (κ1) is 13.4. The summed E-state index contributed by atoms with van der Waals surface area (Å²) in [4.78, 5) is 3.80. The summed E-state index contributed by atoms with van der Waals surface area (Å²) in [5.74, 6) is 0.265. The minimum absolute atomic E-state index is 0.320. The van der Waals surface area contributed by atoms with E-state index in [2.05, 4.69) is 17.2 Å². The van der Waals surface area contributed by atoms with E-state index in [1.165, 1.54) is 18.7 Å². The second-order valence-electron chi connectivity index (χ2n) is 5.54. The van der Waals surface area contributed by atoms with Crippen LogP contribution in [0.25, 0.3) is 0 Å². The van der Waals surface area contributed by atoms with Gasteiger partial charge in [-0.3, -0.25) is 4.98 Å². The number of hydrogen-bond donors (Lipinski definition) is 2. The molecule has 3 nitrogen and oxygen atoms in total. The molecule has 2 atom stereocenters. The predicted molar refractivity (Wildman–Crippen MR) is 68.5 cm³/mol. The Balaban J connectivity index is 1.81. The van der Waals surface area contributed by atoms with Gasteiger partial charge in [0, 0.05) is 19.3 Å². The van der Waals surface area contributed by atoms with E-state index in [0.29, 0.717) is 19.0 Å². The highest BCUT2D eigenvalue weighted by molar-refractivity contribution is 5.09. The van der Waals surface area contributed by atoms with Crippen LogP contribution in [0.1, 0.15) is 38.2 Å². The lowest BCUT2D eigenvalue weighted by Gasteiger charge is -2.35. The average molecular weight is 252 g/mol. The van der Waals surface area contributed by atoms with Crippen molar-refractivity contribution < 1.29 is 9.50 Å². The van der Waals surface area contributed by atoms with Crippen LogP contribution in [0.2, 0.25) is 0 Å². The Labute approximate surface area is 107 Å². The van der Waals surface area contributed by atoms with Crippen molar-refractivity contribution in [1.29, 1.82) is 0 Å². The van der Waals surface area contributed by atoms with Gasteiger partial charge >= 0.3 is 0 Å². The summed E-state index contributed by atoms with van der Waals surface area (Å²) in [7, 11) is 0. The van der Waals surface area contributed by atoms with Gasteiger partial charge in [-0.25, -0.2) is 4.39 Å². The molecule has 100 valence electrons. The molecule has 0 bridgehead atoms. The molecule has 0 saturated heterocycles. The number of aromatic nitrogens is 1. The smallest absolute Gasteiger partial charge is 0.141 e. The standard InChI is InChI=1S/C14H21FN2O/c1-11-3-2-4-14(18,6-11)10-17-8-12-5-13(15)9-16-7-12/h5,7,9,11,17-18H,2-4,6,8,10H2,1H3. The summed E-state index contributed by atoms with van der Waals surface area (Å²) >= 11 is 0. The Bertz CT molecular complexity index is 399. The number of rotatable bonds is 4. The maximum absolute atomic E-state index is 12.9. The van der Waals surface area contributed by atoms with Crippen molar-refractivity contribution in [3.05, 3.63) is 29.8 Å². The lowest BCUT2D eigenvalue weighted by molar-refractivity contribution is -0.0119. The number of pyridine rings is 1. The molecule has 1 saturated carbocycles. The van der Waals surface area contributed by atoms with Crippen molar-refractivity contribution >= 4 is 0 Å². The fourth-order valence-electron chi connectivity index (χ4n) is 2.78. The van der Waals surface area contributed by atoms with Gasteiger partial charge < -0.3 is 10.4 Å². The van der Waals surface area contributed by atoms with Crippen LogP contribution in [0.15, 0.2) is 18.5 Å². The fraction of sp³-hybridized carbons (Fsp3) is 0.643. The van der Waals surface area contributed by atoms with Gasteiger partial charge in [0.2, 0.25) is 0 Å². The minimum atomic E-state index is -0.599. The van der Waals surface area contributed by atoms with Gasteiger partial charge in [0.15, 0.2) is 0 Å². The Kier molecular flexibility index (Phi) is 4.30. The highest BCUT2D eigenvalue weighted by Gasteiger charge is 2.31. The third-order valence-electron chi connectivity index (χ3n) is 3.61.